The van der Waals surface area contributed by atoms with E-state index >= 15 is 0 Å². The van der Waals surface area contributed by atoms with Crippen LogP contribution >= 0.6 is 0 Å². The number of nitrogens with zero attached hydrogens (tertiary/aromatic N) is 2. The third-order valence-electron chi connectivity index (χ3n) is 0.638. The van der Waals surface area contributed by atoms with Gasteiger partial charge in [-0.15, -0.1) is 0 Å². The highest BCUT2D eigenvalue weighted by molar-refractivity contribution is 5.56. The fraction of sp³-hybridized carbons (Fsp3) is 0.333. The van der Waals surface area contributed by atoms with Gasteiger partial charge in [0.15, 0.2) is 0 Å². The second kappa shape index (κ2) is 5.90. The number of rotatable bonds is 3. The molecule has 0 atom stereocenters. The van der Waals surface area contributed by atoms with Crippen LogP contribution in [0.3, 0.4) is 0 Å². The third-order valence-corrected chi connectivity index (χ3v) is 0.638. The standard InChI is InChI=1S/C6H6N2/c7-5-3-1-2-4-6-8/h3-4H,1-2H2/q-2. The normalized spacial score (nSPS) is 6.50. The highest BCUT2D eigenvalue weighted by atomic mass is 14.3. The van der Waals surface area contributed by atoms with Crippen molar-refractivity contribution in [2.75, 3.05) is 0 Å². The van der Waals surface area contributed by atoms with E-state index in [1.807, 2.05) is 11.7 Å². The summed E-state index contributed by atoms with van der Waals surface area (Å²) in [6.45, 7) is 0. The van der Waals surface area contributed by atoms with Crippen LogP contribution in [0.2, 0.25) is 0 Å². The van der Waals surface area contributed by atoms with Gasteiger partial charge < -0.3 is 10.8 Å². The Kier molecular flexibility index (Phi) is 5.09. The highest BCUT2D eigenvalue weighted by Gasteiger charge is 1.67. The predicted molar refractivity (Wildman–Crippen MR) is 35.1 cm³/mol. The maximum Gasteiger partial charge on any atom is -0.0252 e. The van der Waals surface area contributed by atoms with Crippen molar-refractivity contribution >= 4 is 11.7 Å². The lowest BCUT2D eigenvalue weighted by Crippen LogP contribution is -1.62. The van der Waals surface area contributed by atoms with Crippen LogP contribution in [0.4, 0.5) is 0 Å². The minimum Gasteiger partial charge on any atom is -0.764 e. The van der Waals surface area contributed by atoms with Crippen LogP contribution < -0.4 is 0 Å². The van der Waals surface area contributed by atoms with Crippen molar-refractivity contribution in [3.8, 4) is 0 Å². The Labute approximate surface area is 48.6 Å². The van der Waals surface area contributed by atoms with Crippen LogP contribution in [-0.2, 0) is 0 Å². The molecule has 0 rings (SSSR count). The van der Waals surface area contributed by atoms with Crippen molar-refractivity contribution in [3.05, 3.63) is 23.0 Å². The van der Waals surface area contributed by atoms with Gasteiger partial charge in [-0.05, 0) is 12.8 Å². The zero-order chi connectivity index (χ0) is 6.24. The van der Waals surface area contributed by atoms with E-state index in [9.17, 15) is 0 Å². The Balaban J connectivity index is 3.18. The van der Waals surface area contributed by atoms with Gasteiger partial charge in [0.25, 0.3) is 0 Å². The molecule has 0 heterocycles. The van der Waals surface area contributed by atoms with E-state index in [4.69, 9.17) is 10.8 Å². The quantitative estimate of drug-likeness (QED) is 0.385. The first-order valence-electron chi connectivity index (χ1n) is 2.34. The van der Waals surface area contributed by atoms with Crippen LogP contribution in [0.1, 0.15) is 12.8 Å². The molecular weight excluding hydrogens is 100 g/mol. The average molecular weight is 106 g/mol. The first-order valence-corrected chi connectivity index (χ1v) is 2.34. The van der Waals surface area contributed by atoms with Crippen molar-refractivity contribution in [3.63, 3.8) is 0 Å². The first-order chi connectivity index (χ1) is 3.91. The van der Waals surface area contributed by atoms with E-state index in [0.29, 0.717) is 12.8 Å². The molecular formula is C6H6N2-2. The molecule has 0 fully saturated rings. The van der Waals surface area contributed by atoms with Crippen molar-refractivity contribution in [2.45, 2.75) is 12.8 Å². The SMILES string of the molecule is [N-]=C=CCCC=C=[N-]. The summed E-state index contributed by atoms with van der Waals surface area (Å²) in [5.74, 6) is 3.74. The molecule has 2 nitrogen and oxygen atoms in total. The fourth-order valence-electron chi connectivity index (χ4n) is 0.296. The van der Waals surface area contributed by atoms with E-state index < -0.39 is 0 Å². The van der Waals surface area contributed by atoms with Gasteiger partial charge in [-0.2, -0.15) is 0 Å². The Morgan fingerprint density at radius 2 is 1.38 bits per heavy atom. The zero-order valence-corrected chi connectivity index (χ0v) is 4.46. The van der Waals surface area contributed by atoms with Gasteiger partial charge in [-0.1, -0.05) is 12.2 Å². The molecule has 8 heavy (non-hydrogen) atoms. The Morgan fingerprint density at radius 3 is 1.62 bits per heavy atom. The molecule has 0 bridgehead atoms. The number of unbranched alkanes of at least 4 members (excludes halogenated alkanes) is 1. The monoisotopic (exact) mass is 106 g/mol. The average Bonchev–Trinajstić information content (AvgIpc) is 1.81. The molecule has 0 aromatic heterocycles. The highest BCUT2D eigenvalue weighted by Crippen LogP contribution is 1.85. The molecule has 0 unspecified atom stereocenters. The van der Waals surface area contributed by atoms with E-state index in [1.165, 1.54) is 12.2 Å². The molecule has 0 saturated heterocycles. The molecule has 0 aromatic rings. The van der Waals surface area contributed by atoms with Crippen LogP contribution in [0, 0.1) is 0 Å². The smallest absolute Gasteiger partial charge is 0.0252 e. The zero-order valence-electron chi connectivity index (χ0n) is 4.46. The second-order valence-corrected chi connectivity index (χ2v) is 1.24. The number of hydrogen-bond donors (Lipinski definition) is 0. The van der Waals surface area contributed by atoms with E-state index in [1.54, 1.807) is 0 Å². The van der Waals surface area contributed by atoms with Crippen LogP contribution in [0.5, 0.6) is 0 Å². The van der Waals surface area contributed by atoms with Gasteiger partial charge in [0.2, 0.25) is 0 Å². The molecule has 0 N–H and O–H groups in total. The van der Waals surface area contributed by atoms with Crippen LogP contribution in [0.25, 0.3) is 10.8 Å². The molecule has 2 heteroatoms. The van der Waals surface area contributed by atoms with Crippen LogP contribution in [0.15, 0.2) is 12.2 Å². The van der Waals surface area contributed by atoms with Gasteiger partial charge in [-0.3, -0.25) is 11.7 Å². The Bertz CT molecular complexity index is 119. The van der Waals surface area contributed by atoms with E-state index in [2.05, 4.69) is 0 Å². The lowest BCUT2D eigenvalue weighted by Gasteiger charge is -1.81. The van der Waals surface area contributed by atoms with Crippen molar-refractivity contribution < 1.29 is 0 Å². The van der Waals surface area contributed by atoms with E-state index in [0.717, 1.165) is 0 Å². The molecule has 0 aromatic carbocycles. The summed E-state index contributed by atoms with van der Waals surface area (Å²) in [5, 5.41) is 15.9. The lowest BCUT2D eigenvalue weighted by molar-refractivity contribution is 1.07. The first kappa shape index (κ1) is 6.90. The molecule has 0 saturated carbocycles. The molecule has 0 aliphatic carbocycles. The largest absolute Gasteiger partial charge is 0.764 e. The van der Waals surface area contributed by atoms with Gasteiger partial charge in [0, 0.05) is 0 Å². The summed E-state index contributed by atoms with van der Waals surface area (Å²) >= 11 is 0. The van der Waals surface area contributed by atoms with Crippen molar-refractivity contribution in [1.82, 2.24) is 0 Å². The van der Waals surface area contributed by atoms with Gasteiger partial charge in [0.05, 0.1) is 0 Å². The molecule has 42 valence electrons. The number of allylic oxidation sites excluding steroid dienone is 2. The van der Waals surface area contributed by atoms with E-state index in [-0.39, 0.29) is 0 Å². The summed E-state index contributed by atoms with van der Waals surface area (Å²) in [5.41, 5.74) is 0. The maximum atomic E-state index is 7.96. The fourth-order valence-corrected chi connectivity index (χ4v) is 0.296. The second-order valence-electron chi connectivity index (χ2n) is 1.24. The summed E-state index contributed by atoms with van der Waals surface area (Å²) in [6.07, 6.45) is 4.33. The van der Waals surface area contributed by atoms with Gasteiger partial charge in [-0.25, -0.2) is 0 Å². The number of hydrogen-bond acceptors (Lipinski definition) is 0. The predicted octanol–water partition coefficient (Wildman–Crippen LogP) is 1.36. The van der Waals surface area contributed by atoms with Crippen molar-refractivity contribution in [1.29, 1.82) is 0 Å². The van der Waals surface area contributed by atoms with Crippen LogP contribution in [-0.4, -0.2) is 11.7 Å². The summed E-state index contributed by atoms with van der Waals surface area (Å²) in [6, 6.07) is 0. The summed E-state index contributed by atoms with van der Waals surface area (Å²) in [7, 11) is 0. The molecule has 0 radical (unpaired) electrons. The molecule has 0 amide bonds. The lowest BCUT2D eigenvalue weighted by atomic mass is 10.3. The maximum absolute atomic E-state index is 7.96. The van der Waals surface area contributed by atoms with Crippen molar-refractivity contribution in [2.24, 2.45) is 0 Å². The Morgan fingerprint density at radius 1 is 1.00 bits per heavy atom. The molecule has 0 aliphatic heterocycles. The summed E-state index contributed by atoms with van der Waals surface area (Å²) in [4.78, 5) is 0. The third kappa shape index (κ3) is 4.90. The van der Waals surface area contributed by atoms with Gasteiger partial charge in [0.1, 0.15) is 0 Å². The molecule has 0 aliphatic rings. The minimum atomic E-state index is 0.685. The topological polar surface area (TPSA) is 44.6 Å². The van der Waals surface area contributed by atoms with Gasteiger partial charge >= 0.3 is 0 Å². The summed E-state index contributed by atoms with van der Waals surface area (Å²) < 4.78 is 0. The Hall–Kier alpha value is -1.10. The molecule has 0 spiro atoms. The minimum absolute atomic E-state index is 0.685.